The molecule has 3 aromatic carbocycles. The maximum atomic E-state index is 11.7. The minimum Gasteiger partial charge on any atom is -0.317 e. The highest BCUT2D eigenvalue weighted by atomic mass is 32.1. The fraction of sp³-hybridized carbons (Fsp3) is 0.0435. The van der Waals surface area contributed by atoms with Crippen molar-refractivity contribution in [2.24, 2.45) is 0 Å². The molecule has 3 aromatic rings. The lowest BCUT2D eigenvalue weighted by Crippen LogP contribution is -2.33. The lowest BCUT2D eigenvalue weighted by Gasteiger charge is -2.27. The molecular formula is C23H20N2OPS+. The Morgan fingerprint density at radius 1 is 0.821 bits per heavy atom. The monoisotopic (exact) mass is 403 g/mol. The molecule has 0 spiro atoms. The van der Waals surface area contributed by atoms with Crippen molar-refractivity contribution in [3.05, 3.63) is 101 Å². The Kier molecular flexibility index (Phi) is 6.31. The van der Waals surface area contributed by atoms with Crippen LogP contribution in [0.4, 0.5) is 0 Å². The SMILES string of the molecule is CC(=O)N/C(S)=C(/C#N)[P+](c1ccccc1)(c1ccccc1)c1ccccc1. The van der Waals surface area contributed by atoms with Gasteiger partial charge in [0.1, 0.15) is 27.0 Å². The van der Waals surface area contributed by atoms with Crippen LogP contribution in [0, 0.1) is 11.3 Å². The van der Waals surface area contributed by atoms with E-state index in [0.717, 1.165) is 15.9 Å². The molecule has 0 aliphatic rings. The molecule has 0 saturated carbocycles. The standard InChI is InChI=1S/C23H19N2OPS/c1-18(26)25-23(28)22(17-24)27(19-11-5-2-6-12-19,20-13-7-3-8-14-20)21-15-9-4-10-16-21/h2-16H,1H3,(H-,25,26,28)/p+1/b23-22+. The van der Waals surface area contributed by atoms with Crippen LogP contribution < -0.4 is 21.2 Å². The predicted molar refractivity (Wildman–Crippen MR) is 121 cm³/mol. The summed E-state index contributed by atoms with van der Waals surface area (Å²) in [4.78, 5) is 11.7. The molecule has 138 valence electrons. The summed E-state index contributed by atoms with van der Waals surface area (Å²) in [5.41, 5.74) is 0. The zero-order valence-corrected chi connectivity index (χ0v) is 17.2. The summed E-state index contributed by atoms with van der Waals surface area (Å²) in [7, 11) is -2.55. The lowest BCUT2D eigenvalue weighted by molar-refractivity contribution is -0.118. The van der Waals surface area contributed by atoms with E-state index in [0.29, 0.717) is 10.3 Å². The molecule has 0 heterocycles. The molecule has 0 radical (unpaired) electrons. The largest absolute Gasteiger partial charge is 0.317 e. The first-order valence-corrected chi connectivity index (χ1v) is 11.0. The van der Waals surface area contributed by atoms with Crippen LogP contribution in [-0.2, 0) is 4.79 Å². The third-order valence-corrected chi connectivity index (χ3v) is 9.11. The molecule has 1 amide bonds. The van der Waals surface area contributed by atoms with Gasteiger partial charge in [-0.3, -0.25) is 4.79 Å². The van der Waals surface area contributed by atoms with Gasteiger partial charge in [-0.25, -0.2) is 0 Å². The van der Waals surface area contributed by atoms with Crippen molar-refractivity contribution < 1.29 is 4.79 Å². The number of nitrogens with one attached hydrogen (secondary N) is 1. The fourth-order valence-corrected chi connectivity index (χ4v) is 8.01. The number of amides is 1. The molecule has 0 aliphatic heterocycles. The first kappa shape index (κ1) is 19.9. The van der Waals surface area contributed by atoms with E-state index in [4.69, 9.17) is 0 Å². The first-order valence-electron chi connectivity index (χ1n) is 8.78. The molecule has 3 nitrogen and oxygen atoms in total. The summed E-state index contributed by atoms with van der Waals surface area (Å²) >= 11 is 4.54. The number of rotatable bonds is 5. The number of carbonyl (C=O) groups excluding carboxylic acids is 1. The Morgan fingerprint density at radius 2 is 1.18 bits per heavy atom. The average Bonchev–Trinajstić information content (AvgIpc) is 2.73. The van der Waals surface area contributed by atoms with Gasteiger partial charge in [0.25, 0.3) is 0 Å². The number of benzene rings is 3. The number of carbonyl (C=O) groups is 1. The van der Waals surface area contributed by atoms with Gasteiger partial charge in [0, 0.05) is 6.92 Å². The van der Waals surface area contributed by atoms with E-state index in [9.17, 15) is 10.1 Å². The summed E-state index contributed by atoms with van der Waals surface area (Å²) in [5, 5.41) is 16.8. The third kappa shape index (κ3) is 3.73. The summed E-state index contributed by atoms with van der Waals surface area (Å²) in [5.74, 6) is -0.259. The Labute approximate surface area is 171 Å². The van der Waals surface area contributed by atoms with Gasteiger partial charge in [0.05, 0.1) is 0 Å². The van der Waals surface area contributed by atoms with E-state index >= 15 is 0 Å². The maximum Gasteiger partial charge on any atom is 0.221 e. The van der Waals surface area contributed by atoms with Crippen molar-refractivity contribution in [1.82, 2.24) is 5.32 Å². The van der Waals surface area contributed by atoms with Crippen LogP contribution in [-0.4, -0.2) is 5.91 Å². The van der Waals surface area contributed by atoms with Gasteiger partial charge in [-0.15, -0.1) is 12.6 Å². The van der Waals surface area contributed by atoms with Crippen molar-refractivity contribution in [1.29, 1.82) is 5.26 Å². The second-order valence-corrected chi connectivity index (χ2v) is 9.95. The summed E-state index contributed by atoms with van der Waals surface area (Å²) in [6.07, 6.45) is 0. The van der Waals surface area contributed by atoms with Gasteiger partial charge < -0.3 is 5.32 Å². The van der Waals surface area contributed by atoms with Crippen LogP contribution in [0.15, 0.2) is 101 Å². The lowest BCUT2D eigenvalue weighted by atomic mass is 10.4. The average molecular weight is 403 g/mol. The van der Waals surface area contributed by atoms with Crippen LogP contribution >= 0.6 is 19.9 Å². The van der Waals surface area contributed by atoms with Crippen LogP contribution in [0.25, 0.3) is 0 Å². The quantitative estimate of drug-likeness (QED) is 0.387. The zero-order chi connectivity index (χ0) is 20.0. The van der Waals surface area contributed by atoms with Crippen molar-refractivity contribution >= 4 is 41.7 Å². The summed E-state index contributed by atoms with van der Waals surface area (Å²) in [6, 6.07) is 32.3. The first-order chi connectivity index (χ1) is 13.6. The van der Waals surface area contributed by atoms with Gasteiger partial charge >= 0.3 is 0 Å². The molecule has 28 heavy (non-hydrogen) atoms. The van der Waals surface area contributed by atoms with Gasteiger partial charge in [0.2, 0.25) is 11.2 Å². The van der Waals surface area contributed by atoms with Gasteiger partial charge in [-0.2, -0.15) is 5.26 Å². The van der Waals surface area contributed by atoms with Gasteiger partial charge in [-0.05, 0) is 36.4 Å². The molecule has 0 saturated heterocycles. The smallest absolute Gasteiger partial charge is 0.221 e. The molecule has 0 aromatic heterocycles. The molecule has 0 atom stereocenters. The van der Waals surface area contributed by atoms with E-state index in [1.807, 2.05) is 91.0 Å². The predicted octanol–water partition coefficient (Wildman–Crippen LogP) is 3.74. The van der Waals surface area contributed by atoms with Crippen molar-refractivity contribution in [2.45, 2.75) is 6.92 Å². The minimum atomic E-state index is -2.55. The number of nitrogens with zero attached hydrogens (tertiary/aromatic N) is 1. The Hall–Kier alpha value is -2.86. The minimum absolute atomic E-state index is 0.259. The highest BCUT2D eigenvalue weighted by Crippen LogP contribution is 2.63. The highest BCUT2D eigenvalue weighted by molar-refractivity contribution is 8.00. The topological polar surface area (TPSA) is 52.9 Å². The normalized spacial score (nSPS) is 11.9. The number of nitriles is 1. The highest BCUT2D eigenvalue weighted by Gasteiger charge is 2.51. The van der Waals surface area contributed by atoms with E-state index in [1.165, 1.54) is 6.92 Å². The zero-order valence-electron chi connectivity index (χ0n) is 15.4. The van der Waals surface area contributed by atoms with Gasteiger partial charge in [-0.1, -0.05) is 54.6 Å². The number of hydrogen-bond donors (Lipinski definition) is 2. The number of hydrogen-bond acceptors (Lipinski definition) is 3. The second kappa shape index (κ2) is 8.89. The fourth-order valence-electron chi connectivity index (χ4n) is 3.30. The number of thiol groups is 1. The Balaban J connectivity index is 2.48. The molecule has 0 aliphatic carbocycles. The second-order valence-electron chi connectivity index (χ2n) is 6.17. The Morgan fingerprint density at radius 3 is 1.46 bits per heavy atom. The molecule has 5 heteroatoms. The Bertz CT molecular complexity index is 932. The van der Waals surface area contributed by atoms with E-state index < -0.39 is 7.26 Å². The molecule has 0 fully saturated rings. The van der Waals surface area contributed by atoms with Crippen LogP contribution in [0.5, 0.6) is 0 Å². The van der Waals surface area contributed by atoms with Crippen molar-refractivity contribution in [3.63, 3.8) is 0 Å². The molecule has 0 unspecified atom stereocenters. The molecule has 3 rings (SSSR count). The van der Waals surface area contributed by atoms with Crippen molar-refractivity contribution in [3.8, 4) is 6.07 Å². The van der Waals surface area contributed by atoms with Crippen LogP contribution in [0.2, 0.25) is 0 Å². The molecule has 1 N–H and O–H groups in total. The van der Waals surface area contributed by atoms with Crippen LogP contribution in [0.3, 0.4) is 0 Å². The van der Waals surface area contributed by atoms with Crippen LogP contribution in [0.1, 0.15) is 6.92 Å². The molecular weight excluding hydrogens is 383 g/mol. The van der Waals surface area contributed by atoms with E-state index in [2.05, 4.69) is 24.0 Å². The summed E-state index contributed by atoms with van der Waals surface area (Å²) in [6.45, 7) is 1.42. The third-order valence-electron chi connectivity index (χ3n) is 4.39. The van der Waals surface area contributed by atoms with E-state index in [1.54, 1.807) is 0 Å². The van der Waals surface area contributed by atoms with E-state index in [-0.39, 0.29) is 5.91 Å². The maximum absolute atomic E-state index is 11.7. The summed E-state index contributed by atoms with van der Waals surface area (Å²) < 4.78 is 0. The van der Waals surface area contributed by atoms with Crippen molar-refractivity contribution in [2.75, 3.05) is 0 Å². The van der Waals surface area contributed by atoms with Gasteiger partial charge in [0.15, 0.2) is 7.26 Å². The molecule has 0 bridgehead atoms. The number of allylic oxidation sites excluding steroid dienone is 1.